The number of allylic oxidation sites excluding steroid dienone is 2. The Kier molecular flexibility index (Phi) is 5.60. The van der Waals surface area contributed by atoms with E-state index < -0.39 is 11.9 Å². The van der Waals surface area contributed by atoms with Crippen LogP contribution in [0.4, 0.5) is 5.00 Å². The second-order valence-corrected chi connectivity index (χ2v) is 7.65. The summed E-state index contributed by atoms with van der Waals surface area (Å²) in [5, 5.41) is 18.0. The van der Waals surface area contributed by atoms with E-state index in [1.807, 2.05) is 13.8 Å². The summed E-state index contributed by atoms with van der Waals surface area (Å²) in [6.45, 7) is 5.31. The van der Waals surface area contributed by atoms with E-state index in [0.717, 1.165) is 11.3 Å². The van der Waals surface area contributed by atoms with Crippen molar-refractivity contribution in [2.45, 2.75) is 33.6 Å². The molecule has 0 radical (unpaired) electrons. The molecule has 0 saturated heterocycles. The first-order valence-corrected chi connectivity index (χ1v) is 8.60. The van der Waals surface area contributed by atoms with Crippen molar-refractivity contribution in [3.63, 3.8) is 0 Å². The van der Waals surface area contributed by atoms with Gasteiger partial charge in [0, 0.05) is 12.8 Å². The Labute approximate surface area is 154 Å². The van der Waals surface area contributed by atoms with Gasteiger partial charge in [-0.25, -0.2) is 9.59 Å². The zero-order chi connectivity index (χ0) is 19.6. The molecule has 0 saturated carbocycles. The van der Waals surface area contributed by atoms with Crippen LogP contribution in [0.5, 0.6) is 0 Å². The number of ether oxygens (including phenoxy) is 2. The lowest BCUT2D eigenvalue weighted by molar-refractivity contribution is -0.118. The summed E-state index contributed by atoms with van der Waals surface area (Å²) in [5.74, 6) is -1.77. The molecule has 0 atom stereocenters. The molecule has 1 aliphatic carbocycles. The second-order valence-electron chi connectivity index (χ2n) is 6.66. The van der Waals surface area contributed by atoms with Crippen LogP contribution < -0.4 is 0 Å². The summed E-state index contributed by atoms with van der Waals surface area (Å²) >= 11 is 0.902. The summed E-state index contributed by atoms with van der Waals surface area (Å²) < 4.78 is 9.43. The third-order valence-electron chi connectivity index (χ3n) is 3.95. The van der Waals surface area contributed by atoms with Crippen LogP contribution in [0.25, 0.3) is 0 Å². The summed E-state index contributed by atoms with van der Waals surface area (Å²) in [6.07, 6.45) is 0.528. The van der Waals surface area contributed by atoms with Crippen LogP contribution in [0.1, 0.15) is 52.3 Å². The van der Waals surface area contributed by atoms with Crippen molar-refractivity contribution in [3.05, 3.63) is 27.5 Å². The minimum atomic E-state index is -0.683. The predicted octanol–water partition coefficient (Wildman–Crippen LogP) is 3.87. The third-order valence-corrected chi connectivity index (χ3v) is 5.11. The molecule has 9 heteroatoms. The molecule has 1 aliphatic rings. The van der Waals surface area contributed by atoms with E-state index in [9.17, 15) is 19.5 Å². The Morgan fingerprint density at radius 2 is 1.73 bits per heavy atom. The van der Waals surface area contributed by atoms with Crippen LogP contribution in [0.15, 0.2) is 21.7 Å². The molecule has 8 nitrogen and oxygen atoms in total. The quantitative estimate of drug-likeness (QED) is 0.626. The van der Waals surface area contributed by atoms with Crippen LogP contribution in [-0.4, -0.2) is 37.0 Å². The number of aliphatic hydroxyl groups excluding tert-OH is 1. The number of carbonyl (C=O) groups excluding carboxylic acids is 3. The number of aliphatic hydroxyl groups is 1. The fourth-order valence-corrected chi connectivity index (χ4v) is 3.72. The molecule has 0 spiro atoms. The Morgan fingerprint density at radius 3 is 2.27 bits per heavy atom. The smallest absolute Gasteiger partial charge is 0.348 e. The molecule has 0 aliphatic heterocycles. The lowest BCUT2D eigenvalue weighted by Crippen LogP contribution is -2.25. The number of hydrogen-bond donors (Lipinski definition) is 1. The van der Waals surface area contributed by atoms with Crippen LogP contribution in [0.2, 0.25) is 0 Å². The minimum Gasteiger partial charge on any atom is -0.510 e. The molecule has 1 aromatic heterocycles. The maximum Gasteiger partial charge on any atom is 0.348 e. The number of nitrogens with zero attached hydrogens (tertiary/aromatic N) is 2. The van der Waals surface area contributed by atoms with E-state index in [0.29, 0.717) is 12.0 Å². The number of methoxy groups -OCH3 is 2. The number of Topliss-reactive ketones (excluding diaryl/α,β-unsaturated/α-hetero) is 1. The van der Waals surface area contributed by atoms with Crippen molar-refractivity contribution in [2.75, 3.05) is 14.2 Å². The van der Waals surface area contributed by atoms with Gasteiger partial charge in [-0.3, -0.25) is 4.79 Å². The molecule has 0 aromatic carbocycles. The number of carbonyl (C=O) groups is 3. The highest BCUT2D eigenvalue weighted by Gasteiger charge is 2.33. The highest BCUT2D eigenvalue weighted by Crippen LogP contribution is 2.39. The van der Waals surface area contributed by atoms with Gasteiger partial charge in [0.05, 0.1) is 14.2 Å². The number of rotatable bonds is 4. The van der Waals surface area contributed by atoms with Gasteiger partial charge in [0.15, 0.2) is 16.5 Å². The highest BCUT2D eigenvalue weighted by atomic mass is 32.1. The van der Waals surface area contributed by atoms with E-state index in [-0.39, 0.29) is 44.5 Å². The molecular formula is C17H20N2O6S. The number of ketones is 1. The summed E-state index contributed by atoms with van der Waals surface area (Å²) in [7, 11) is 2.44. The van der Waals surface area contributed by atoms with Gasteiger partial charge in [0.25, 0.3) is 0 Å². The van der Waals surface area contributed by atoms with Crippen LogP contribution in [0.3, 0.4) is 0 Å². The molecule has 0 fully saturated rings. The Balaban J connectivity index is 2.49. The van der Waals surface area contributed by atoms with E-state index in [1.54, 1.807) is 6.92 Å². The van der Waals surface area contributed by atoms with Gasteiger partial charge in [-0.1, -0.05) is 13.8 Å². The molecule has 0 bridgehead atoms. The molecule has 0 unspecified atom stereocenters. The lowest BCUT2D eigenvalue weighted by atomic mass is 9.78. The van der Waals surface area contributed by atoms with Crippen LogP contribution in [0, 0.1) is 12.3 Å². The lowest BCUT2D eigenvalue weighted by Gasteiger charge is -2.27. The summed E-state index contributed by atoms with van der Waals surface area (Å²) in [6, 6.07) is 0. The first-order chi connectivity index (χ1) is 12.1. The van der Waals surface area contributed by atoms with Crippen molar-refractivity contribution in [1.82, 2.24) is 0 Å². The van der Waals surface area contributed by atoms with Crippen molar-refractivity contribution < 1.29 is 29.0 Å². The van der Waals surface area contributed by atoms with E-state index in [2.05, 4.69) is 10.2 Å². The first kappa shape index (κ1) is 19.8. The molecule has 2 rings (SSSR count). The van der Waals surface area contributed by atoms with E-state index in [1.165, 1.54) is 14.2 Å². The molecule has 1 aromatic rings. The van der Waals surface area contributed by atoms with Crippen molar-refractivity contribution in [3.8, 4) is 0 Å². The van der Waals surface area contributed by atoms with Gasteiger partial charge in [-0.05, 0) is 17.9 Å². The van der Waals surface area contributed by atoms with Crippen LogP contribution in [-0.2, 0) is 14.3 Å². The third kappa shape index (κ3) is 3.82. The van der Waals surface area contributed by atoms with Gasteiger partial charge in [0.1, 0.15) is 16.2 Å². The van der Waals surface area contributed by atoms with Gasteiger partial charge >= 0.3 is 11.9 Å². The average Bonchev–Trinajstić information content (AvgIpc) is 2.88. The fraction of sp³-hybridized carbons (Fsp3) is 0.471. The highest BCUT2D eigenvalue weighted by molar-refractivity contribution is 7.18. The van der Waals surface area contributed by atoms with Gasteiger partial charge in [-0.2, -0.15) is 0 Å². The standard InChI is InChI=1S/C17H20N2O6S/c1-8-11(15(22)24-4)14(26-13(8)16(23)25-5)19-18-12-9(20)6-17(2,3)7-10(12)21/h20H,6-7H2,1-5H3. The zero-order valence-electron chi connectivity index (χ0n) is 15.2. The van der Waals surface area contributed by atoms with Gasteiger partial charge < -0.3 is 14.6 Å². The molecule has 1 N–H and O–H groups in total. The average molecular weight is 380 g/mol. The predicted molar refractivity (Wildman–Crippen MR) is 93.9 cm³/mol. The van der Waals surface area contributed by atoms with Gasteiger partial charge in [0.2, 0.25) is 0 Å². The van der Waals surface area contributed by atoms with Crippen molar-refractivity contribution >= 4 is 34.1 Å². The number of esters is 2. The van der Waals surface area contributed by atoms with Crippen LogP contribution >= 0.6 is 11.3 Å². The first-order valence-electron chi connectivity index (χ1n) is 7.78. The van der Waals surface area contributed by atoms with E-state index in [4.69, 9.17) is 9.47 Å². The summed E-state index contributed by atoms with van der Waals surface area (Å²) in [4.78, 5) is 36.3. The molecule has 26 heavy (non-hydrogen) atoms. The number of azo groups is 1. The monoisotopic (exact) mass is 380 g/mol. The molecule has 140 valence electrons. The normalized spacial score (nSPS) is 16.9. The Morgan fingerprint density at radius 1 is 1.12 bits per heavy atom. The molecular weight excluding hydrogens is 360 g/mol. The number of thiophene rings is 1. The largest absolute Gasteiger partial charge is 0.510 e. The topological polar surface area (TPSA) is 115 Å². The second kappa shape index (κ2) is 7.36. The van der Waals surface area contributed by atoms with Gasteiger partial charge in [-0.15, -0.1) is 21.6 Å². The molecule has 0 amide bonds. The fourth-order valence-electron chi connectivity index (χ4n) is 2.69. The number of hydrogen-bond acceptors (Lipinski definition) is 9. The maximum atomic E-state index is 12.2. The maximum absolute atomic E-state index is 12.2. The van der Waals surface area contributed by atoms with Crippen molar-refractivity contribution in [2.24, 2.45) is 15.6 Å². The Bertz CT molecular complexity index is 835. The minimum absolute atomic E-state index is 0.0744. The van der Waals surface area contributed by atoms with Crippen molar-refractivity contribution in [1.29, 1.82) is 0 Å². The van der Waals surface area contributed by atoms with E-state index >= 15 is 0 Å². The summed E-state index contributed by atoms with van der Waals surface area (Å²) in [5.41, 5.74) is -0.0531. The SMILES string of the molecule is COC(=O)c1sc(N=NC2=C(O)CC(C)(C)CC2=O)c(C(=O)OC)c1C. The Hall–Kier alpha value is -2.55. The zero-order valence-corrected chi connectivity index (χ0v) is 16.0. The molecule has 1 heterocycles.